The maximum Gasteiger partial charge on any atom is 0.293 e. The van der Waals surface area contributed by atoms with Gasteiger partial charge in [-0.15, -0.1) is 0 Å². The van der Waals surface area contributed by atoms with E-state index in [9.17, 15) is 9.59 Å². The van der Waals surface area contributed by atoms with E-state index in [0.29, 0.717) is 12.9 Å². The summed E-state index contributed by atoms with van der Waals surface area (Å²) in [4.78, 5) is 19.2. The summed E-state index contributed by atoms with van der Waals surface area (Å²) in [6.45, 7) is 7.78. The predicted molar refractivity (Wildman–Crippen MR) is 65.0 cm³/mol. The van der Waals surface area contributed by atoms with Crippen molar-refractivity contribution in [2.24, 2.45) is 0 Å². The minimum absolute atomic E-state index is 0.113. The van der Waals surface area contributed by atoms with Gasteiger partial charge in [0.1, 0.15) is 12.7 Å². The zero-order chi connectivity index (χ0) is 14.6. The maximum absolute atomic E-state index is 9.61. The van der Waals surface area contributed by atoms with Crippen LogP contribution < -0.4 is 0 Å². The summed E-state index contributed by atoms with van der Waals surface area (Å²) in [7, 11) is 0. The van der Waals surface area contributed by atoms with Gasteiger partial charge >= 0.3 is 0 Å². The van der Waals surface area contributed by atoms with Gasteiger partial charge < -0.3 is 24.4 Å². The summed E-state index contributed by atoms with van der Waals surface area (Å²) in [5.41, 5.74) is 0. The van der Waals surface area contributed by atoms with Gasteiger partial charge in [0.25, 0.3) is 12.9 Å². The largest absolute Gasteiger partial charge is 0.464 e. The van der Waals surface area contributed by atoms with Gasteiger partial charge in [-0.25, -0.2) is 0 Å². The minimum Gasteiger partial charge on any atom is -0.464 e. The third kappa shape index (κ3) is 36.4. The molecule has 7 nitrogen and oxygen atoms in total. The summed E-state index contributed by atoms with van der Waals surface area (Å²) < 4.78 is 13.5. The minimum atomic E-state index is -0.354. The summed E-state index contributed by atoms with van der Waals surface area (Å²) in [5.74, 6) is 0. The van der Waals surface area contributed by atoms with Crippen LogP contribution in [0.3, 0.4) is 0 Å². The lowest BCUT2D eigenvalue weighted by Gasteiger charge is -2.05. The second kappa shape index (κ2) is 24.9. The van der Waals surface area contributed by atoms with E-state index in [4.69, 9.17) is 14.9 Å². The van der Waals surface area contributed by atoms with E-state index in [0.717, 1.165) is 13.2 Å². The van der Waals surface area contributed by atoms with Gasteiger partial charge in [-0.3, -0.25) is 9.59 Å². The normalized spacial score (nSPS) is 9.83. The third-order valence-electron chi connectivity index (χ3n) is 1.20. The average molecular weight is 268 g/mol. The van der Waals surface area contributed by atoms with Gasteiger partial charge in [-0.1, -0.05) is 0 Å². The molecule has 0 aromatic heterocycles. The molecule has 0 heterocycles. The van der Waals surface area contributed by atoms with Crippen LogP contribution in [0.15, 0.2) is 0 Å². The Bertz CT molecular complexity index is 148. The van der Waals surface area contributed by atoms with Crippen molar-refractivity contribution >= 4 is 12.9 Å². The van der Waals surface area contributed by atoms with Crippen LogP contribution in [0.5, 0.6) is 0 Å². The molecular weight excluding hydrogens is 244 g/mol. The van der Waals surface area contributed by atoms with Crippen molar-refractivity contribution in [2.75, 3.05) is 33.0 Å². The van der Waals surface area contributed by atoms with E-state index in [1.807, 2.05) is 13.8 Å². The molecule has 0 aliphatic rings. The van der Waals surface area contributed by atoms with Crippen LogP contribution in [-0.2, 0) is 23.8 Å². The highest BCUT2D eigenvalue weighted by atomic mass is 16.6. The van der Waals surface area contributed by atoms with Crippen LogP contribution in [-0.4, -0.2) is 62.3 Å². The van der Waals surface area contributed by atoms with E-state index >= 15 is 0 Å². The Morgan fingerprint density at radius 1 is 1.06 bits per heavy atom. The van der Waals surface area contributed by atoms with Gasteiger partial charge in [-0.2, -0.15) is 0 Å². The van der Waals surface area contributed by atoms with Crippen molar-refractivity contribution in [3.8, 4) is 0 Å². The van der Waals surface area contributed by atoms with Crippen molar-refractivity contribution < 1.29 is 34.0 Å². The van der Waals surface area contributed by atoms with E-state index in [1.54, 1.807) is 6.92 Å². The van der Waals surface area contributed by atoms with E-state index < -0.39 is 0 Å². The molecule has 0 aromatic carbocycles. The van der Waals surface area contributed by atoms with Gasteiger partial charge in [0, 0.05) is 13.2 Å². The highest BCUT2D eigenvalue weighted by Gasteiger charge is 1.98. The molecule has 18 heavy (non-hydrogen) atoms. The second-order valence-electron chi connectivity index (χ2n) is 2.70. The van der Waals surface area contributed by atoms with Crippen LogP contribution in [0.25, 0.3) is 0 Å². The van der Waals surface area contributed by atoms with Crippen molar-refractivity contribution in [2.45, 2.75) is 26.9 Å². The lowest BCUT2D eigenvalue weighted by atomic mass is 10.4. The molecule has 1 unspecified atom stereocenters. The molecule has 110 valence electrons. The Kier molecular flexibility index (Phi) is 30.5. The van der Waals surface area contributed by atoms with Crippen LogP contribution in [0.2, 0.25) is 0 Å². The van der Waals surface area contributed by atoms with Crippen molar-refractivity contribution in [3.63, 3.8) is 0 Å². The maximum atomic E-state index is 9.61. The van der Waals surface area contributed by atoms with Crippen molar-refractivity contribution in [1.82, 2.24) is 0 Å². The molecule has 0 spiro atoms. The Morgan fingerprint density at radius 2 is 1.56 bits per heavy atom. The SMILES string of the molecule is CC(COC=O)OC=O.CCOCC.OCCO. The molecule has 1 atom stereocenters. The first-order chi connectivity index (χ1) is 8.64. The second-order valence-corrected chi connectivity index (χ2v) is 2.70. The molecule has 7 heteroatoms. The smallest absolute Gasteiger partial charge is 0.293 e. The van der Waals surface area contributed by atoms with Crippen LogP contribution in [0, 0.1) is 0 Å². The molecule has 0 saturated carbocycles. The Morgan fingerprint density at radius 3 is 1.78 bits per heavy atom. The Labute approximate surface area is 108 Å². The number of rotatable bonds is 8. The summed E-state index contributed by atoms with van der Waals surface area (Å²) in [5, 5.41) is 15.2. The Balaban J connectivity index is -0.000000212. The fraction of sp³-hybridized carbons (Fsp3) is 0.818. The average Bonchev–Trinajstić information content (AvgIpc) is 2.39. The van der Waals surface area contributed by atoms with Crippen molar-refractivity contribution in [3.05, 3.63) is 0 Å². The molecule has 0 aliphatic heterocycles. The van der Waals surface area contributed by atoms with E-state index in [1.165, 1.54) is 0 Å². The Hall–Kier alpha value is -1.18. The molecule has 0 amide bonds. The number of hydrogen-bond acceptors (Lipinski definition) is 7. The molecule has 0 saturated heterocycles. The van der Waals surface area contributed by atoms with E-state index in [-0.39, 0.29) is 25.9 Å². The number of ether oxygens (including phenoxy) is 3. The number of carbonyl (C=O) groups excluding carboxylic acids is 2. The molecule has 0 aliphatic carbocycles. The first kappa shape index (κ1) is 22.0. The highest BCUT2D eigenvalue weighted by molar-refractivity contribution is 5.38. The molecule has 0 rings (SSSR count). The fourth-order valence-electron chi connectivity index (χ4n) is 0.513. The molecule has 0 aromatic rings. The lowest BCUT2D eigenvalue weighted by molar-refractivity contribution is -0.141. The zero-order valence-corrected chi connectivity index (χ0v) is 11.2. The van der Waals surface area contributed by atoms with Crippen LogP contribution in [0.4, 0.5) is 0 Å². The van der Waals surface area contributed by atoms with Gasteiger partial charge in [0.15, 0.2) is 0 Å². The quantitative estimate of drug-likeness (QED) is 0.584. The first-order valence-electron chi connectivity index (χ1n) is 5.58. The number of carbonyl (C=O) groups is 2. The number of aliphatic hydroxyl groups is 2. The van der Waals surface area contributed by atoms with E-state index in [2.05, 4.69) is 9.47 Å². The van der Waals surface area contributed by atoms with Crippen LogP contribution in [0.1, 0.15) is 20.8 Å². The molecule has 0 bridgehead atoms. The predicted octanol–water partition coefficient (Wildman–Crippen LogP) is -0.265. The molecule has 0 radical (unpaired) electrons. The van der Waals surface area contributed by atoms with Crippen LogP contribution >= 0.6 is 0 Å². The summed E-state index contributed by atoms with van der Waals surface area (Å²) >= 11 is 0. The van der Waals surface area contributed by atoms with Gasteiger partial charge in [0.2, 0.25) is 0 Å². The fourth-order valence-corrected chi connectivity index (χ4v) is 0.513. The molecular formula is C11H24O7. The third-order valence-corrected chi connectivity index (χ3v) is 1.20. The highest BCUT2D eigenvalue weighted by Crippen LogP contribution is 1.86. The van der Waals surface area contributed by atoms with Gasteiger partial charge in [-0.05, 0) is 20.8 Å². The number of hydrogen-bond donors (Lipinski definition) is 2. The van der Waals surface area contributed by atoms with Gasteiger partial charge in [0.05, 0.1) is 13.2 Å². The molecule has 0 fully saturated rings. The first-order valence-corrected chi connectivity index (χ1v) is 5.58. The standard InChI is InChI=1S/C5H8O4.C4H10O.C2H6O2/c1-5(9-4-7)2-8-3-6;1-3-5-4-2;3-1-2-4/h3-5H,2H2,1H3;3-4H2,1-2H3;3-4H,1-2H2. The summed E-state index contributed by atoms with van der Waals surface area (Å²) in [6.07, 6.45) is -0.354. The monoisotopic (exact) mass is 268 g/mol. The zero-order valence-electron chi connectivity index (χ0n) is 11.2. The lowest BCUT2D eigenvalue weighted by Crippen LogP contribution is -2.14. The van der Waals surface area contributed by atoms with Crippen molar-refractivity contribution in [1.29, 1.82) is 0 Å². The topological polar surface area (TPSA) is 102 Å². The summed E-state index contributed by atoms with van der Waals surface area (Å²) in [6, 6.07) is 0. The molecule has 2 N–H and O–H groups in total. The number of aliphatic hydroxyl groups excluding tert-OH is 2.